The van der Waals surface area contributed by atoms with Crippen LogP contribution in [0.1, 0.15) is 40.0 Å². The van der Waals surface area contributed by atoms with Crippen molar-refractivity contribution in [1.29, 1.82) is 0 Å². The molecule has 2 aromatic rings. The van der Waals surface area contributed by atoms with Crippen molar-refractivity contribution in [2.45, 2.75) is 62.7 Å². The Morgan fingerprint density at radius 3 is 2.22 bits per heavy atom. The first-order valence-corrected chi connectivity index (χ1v) is 13.4. The van der Waals surface area contributed by atoms with Crippen molar-refractivity contribution >= 4 is 24.6 Å². The number of nitrogens with zero attached hydrogens (tertiary/aromatic N) is 4. The highest BCUT2D eigenvalue weighted by Gasteiger charge is 2.71. The van der Waals surface area contributed by atoms with Crippen LogP contribution in [0.15, 0.2) is 65.8 Å². The Labute approximate surface area is 190 Å². The van der Waals surface area contributed by atoms with Gasteiger partial charge in [-0.15, -0.1) is 0 Å². The molecule has 3 aliphatic rings. The van der Waals surface area contributed by atoms with Crippen LogP contribution >= 0.6 is 0 Å². The monoisotopic (exact) mass is 446 g/mol. The summed E-state index contributed by atoms with van der Waals surface area (Å²) < 4.78 is 7.11. The van der Waals surface area contributed by atoms with Gasteiger partial charge in [-0.3, -0.25) is 4.79 Å². The molecule has 0 N–H and O–H groups in total. The lowest BCUT2D eigenvalue weighted by Crippen LogP contribution is -2.67. The fourth-order valence-electron chi connectivity index (χ4n) is 6.37. The van der Waals surface area contributed by atoms with Gasteiger partial charge in [-0.05, 0) is 46.1 Å². The number of hydrogen-bond donors (Lipinski definition) is 0. The molecule has 0 radical (unpaired) electrons. The number of carbonyl (C=O) groups is 1. The van der Waals surface area contributed by atoms with E-state index in [1.807, 2.05) is 17.0 Å². The summed E-state index contributed by atoms with van der Waals surface area (Å²) in [5.74, 6) is 0.497. The summed E-state index contributed by atoms with van der Waals surface area (Å²) in [4.78, 5) is 18.1. The maximum Gasteiger partial charge on any atom is 0.261 e. The predicted octanol–water partition coefficient (Wildman–Crippen LogP) is 4.01. The van der Waals surface area contributed by atoms with E-state index in [9.17, 15) is 4.79 Å². The topological polar surface area (TPSA) is 78.3 Å². The number of amides is 1. The minimum atomic E-state index is -2.64. The van der Waals surface area contributed by atoms with E-state index in [4.69, 9.17) is 9.96 Å². The summed E-state index contributed by atoms with van der Waals surface area (Å²) in [6.45, 7) is 7.32. The average Bonchev–Trinajstić information content (AvgIpc) is 3.25. The van der Waals surface area contributed by atoms with Crippen LogP contribution in [-0.2, 0) is 9.22 Å². The molecule has 0 bridgehead atoms. The maximum atomic E-state index is 13.1. The van der Waals surface area contributed by atoms with Gasteiger partial charge in [-0.1, -0.05) is 86.5 Å². The molecule has 6 nitrogen and oxygen atoms in total. The molecule has 1 amide bonds. The smallest absolute Gasteiger partial charge is 0.261 e. The summed E-state index contributed by atoms with van der Waals surface area (Å²) >= 11 is 0. The van der Waals surface area contributed by atoms with E-state index < -0.39 is 14.4 Å². The van der Waals surface area contributed by atoms with Crippen molar-refractivity contribution in [1.82, 2.24) is 4.90 Å². The molecule has 1 saturated carbocycles. The first-order valence-electron chi connectivity index (χ1n) is 11.5. The van der Waals surface area contributed by atoms with Crippen LogP contribution in [0.25, 0.3) is 10.4 Å². The van der Waals surface area contributed by atoms with E-state index in [-0.39, 0.29) is 22.5 Å². The molecule has 0 aromatic heterocycles. The molecule has 166 valence electrons. The fraction of sp³-hybridized carbons (Fsp3) is 0.480. The molecule has 2 aliphatic heterocycles. The third-order valence-corrected chi connectivity index (χ3v) is 12.8. The van der Waals surface area contributed by atoms with E-state index in [1.54, 1.807) is 0 Å². The maximum absolute atomic E-state index is 13.1. The molecule has 5 rings (SSSR count). The standard InChI is InChI=1S/C25H30N4O2Si/c1-24(2,3)32(20-10-6-4-7-11-20,21-12-8-5-9-13-21)31-17-19-14-18-15-25(18)16-22(27-28-26)23(30)29(19)25/h4-13,18-19,22H,14-17H2,1-3H3/t18-,19-,22+,25-/m1/s1. The summed E-state index contributed by atoms with van der Waals surface area (Å²) in [5, 5.41) is 6.19. The SMILES string of the molecule is CC(C)(C)[Si](OC[C@H]1C[C@@H]2C[C@@]23C[C@H](N=[N+]=[N-])C(=O)N13)(c1ccccc1)c1ccccc1. The highest BCUT2D eigenvalue weighted by molar-refractivity contribution is 6.99. The third-order valence-electron chi connectivity index (χ3n) is 7.77. The molecule has 0 unspecified atom stereocenters. The second kappa shape index (κ2) is 7.48. The van der Waals surface area contributed by atoms with Crippen molar-refractivity contribution < 1.29 is 9.22 Å². The van der Waals surface area contributed by atoms with E-state index >= 15 is 0 Å². The normalized spacial score (nSPS) is 28.8. The molecule has 32 heavy (non-hydrogen) atoms. The molecule has 2 saturated heterocycles. The summed E-state index contributed by atoms with van der Waals surface area (Å²) in [6.07, 6.45) is 2.68. The van der Waals surface area contributed by atoms with E-state index in [0.29, 0.717) is 18.9 Å². The Kier molecular flexibility index (Phi) is 4.97. The van der Waals surface area contributed by atoms with E-state index in [2.05, 4.69) is 79.3 Å². The van der Waals surface area contributed by atoms with E-state index in [0.717, 1.165) is 12.8 Å². The molecule has 4 atom stereocenters. The van der Waals surface area contributed by atoms with Crippen molar-refractivity contribution in [2.24, 2.45) is 11.0 Å². The van der Waals surface area contributed by atoms with Crippen LogP contribution in [0.3, 0.4) is 0 Å². The number of benzene rings is 2. The number of rotatable bonds is 6. The number of hydrogen-bond acceptors (Lipinski definition) is 3. The number of azide groups is 1. The molecular formula is C25H30N4O2Si. The van der Waals surface area contributed by atoms with Gasteiger partial charge in [-0.2, -0.15) is 0 Å². The lowest BCUT2D eigenvalue weighted by atomic mass is 10.1. The lowest BCUT2D eigenvalue weighted by Gasteiger charge is -2.44. The van der Waals surface area contributed by atoms with Crippen molar-refractivity contribution in [3.63, 3.8) is 0 Å². The lowest BCUT2D eigenvalue weighted by molar-refractivity contribution is -0.132. The van der Waals surface area contributed by atoms with Gasteiger partial charge in [0.2, 0.25) is 5.91 Å². The summed E-state index contributed by atoms with van der Waals surface area (Å²) in [6, 6.07) is 20.7. The molecular weight excluding hydrogens is 416 g/mol. The first-order chi connectivity index (χ1) is 15.3. The van der Waals surface area contributed by atoms with Gasteiger partial charge in [0.05, 0.1) is 12.6 Å². The van der Waals surface area contributed by atoms with Gasteiger partial charge in [0.1, 0.15) is 6.04 Å². The minimum absolute atomic E-state index is 0.0150. The van der Waals surface area contributed by atoms with Crippen molar-refractivity contribution in [3.05, 3.63) is 71.1 Å². The van der Waals surface area contributed by atoms with Gasteiger partial charge in [0.25, 0.3) is 8.32 Å². The second-order valence-electron chi connectivity index (χ2n) is 10.5. The molecule has 7 heteroatoms. The summed E-state index contributed by atoms with van der Waals surface area (Å²) in [7, 11) is -2.64. The largest absolute Gasteiger partial charge is 0.405 e. The average molecular weight is 447 g/mol. The third kappa shape index (κ3) is 3.03. The second-order valence-corrected chi connectivity index (χ2v) is 14.8. The van der Waals surface area contributed by atoms with Crippen LogP contribution in [0, 0.1) is 5.92 Å². The Morgan fingerprint density at radius 2 is 1.69 bits per heavy atom. The van der Waals surface area contributed by atoms with Gasteiger partial charge in [0.15, 0.2) is 0 Å². The Hall–Kier alpha value is -2.60. The number of piperidine rings is 1. The molecule has 1 spiro atoms. The zero-order valence-electron chi connectivity index (χ0n) is 18.9. The Morgan fingerprint density at radius 1 is 1.09 bits per heavy atom. The van der Waals surface area contributed by atoms with Crippen LogP contribution in [0.4, 0.5) is 0 Å². The van der Waals surface area contributed by atoms with Crippen LogP contribution in [0.2, 0.25) is 5.04 Å². The minimum Gasteiger partial charge on any atom is -0.405 e. The molecule has 3 fully saturated rings. The van der Waals surface area contributed by atoms with Gasteiger partial charge in [0, 0.05) is 10.5 Å². The van der Waals surface area contributed by atoms with Crippen molar-refractivity contribution in [2.75, 3.05) is 6.61 Å². The predicted molar refractivity (Wildman–Crippen MR) is 127 cm³/mol. The van der Waals surface area contributed by atoms with Crippen LogP contribution < -0.4 is 10.4 Å². The zero-order valence-corrected chi connectivity index (χ0v) is 19.9. The molecule has 1 aliphatic carbocycles. The fourth-order valence-corrected chi connectivity index (χ4v) is 11.0. The number of carbonyl (C=O) groups excluding carboxylic acids is 1. The Bertz CT molecular complexity index is 1020. The van der Waals surface area contributed by atoms with Gasteiger partial charge in [-0.25, -0.2) is 0 Å². The van der Waals surface area contributed by atoms with Gasteiger partial charge >= 0.3 is 0 Å². The van der Waals surface area contributed by atoms with Crippen LogP contribution in [-0.4, -0.2) is 43.4 Å². The molecule has 2 aromatic carbocycles. The Balaban J connectivity index is 1.50. The zero-order chi connectivity index (χ0) is 22.6. The highest BCUT2D eigenvalue weighted by atomic mass is 28.4. The van der Waals surface area contributed by atoms with E-state index in [1.165, 1.54) is 10.4 Å². The van der Waals surface area contributed by atoms with Gasteiger partial charge < -0.3 is 9.33 Å². The first kappa shape index (κ1) is 21.3. The highest BCUT2D eigenvalue weighted by Crippen LogP contribution is 2.64. The van der Waals surface area contributed by atoms with Crippen molar-refractivity contribution in [3.8, 4) is 0 Å². The molecule has 2 heterocycles. The van der Waals surface area contributed by atoms with Crippen LogP contribution in [0.5, 0.6) is 0 Å². The quantitative estimate of drug-likeness (QED) is 0.291. The summed E-state index contributed by atoms with van der Waals surface area (Å²) in [5.41, 5.74) is 8.80.